The maximum atomic E-state index is 11.6. The Labute approximate surface area is 91.6 Å². The van der Waals surface area contributed by atoms with Crippen LogP contribution in [0.2, 0.25) is 0 Å². The van der Waals surface area contributed by atoms with Gasteiger partial charge in [-0.15, -0.1) is 18.3 Å². The van der Waals surface area contributed by atoms with E-state index in [1.54, 1.807) is 6.08 Å². The molecule has 0 aromatic heterocycles. The minimum absolute atomic E-state index is 0.0430. The number of allylic oxidation sites excluding steroid dienone is 2. The molecule has 80 valence electrons. The highest BCUT2D eigenvalue weighted by molar-refractivity contribution is 8.00. The summed E-state index contributed by atoms with van der Waals surface area (Å²) in [5, 5.41) is 8.83. The van der Waals surface area contributed by atoms with Crippen molar-refractivity contribution < 1.29 is 14.7 Å². The second-order valence-electron chi connectivity index (χ2n) is 3.44. The molecule has 1 unspecified atom stereocenters. The van der Waals surface area contributed by atoms with E-state index in [0.29, 0.717) is 12.2 Å². The molecule has 0 radical (unpaired) electrons. The van der Waals surface area contributed by atoms with Crippen LogP contribution in [0.15, 0.2) is 24.3 Å². The number of carboxylic acid groups (broad SMARTS) is 1. The lowest BCUT2D eigenvalue weighted by Gasteiger charge is -2.38. The Morgan fingerprint density at radius 1 is 1.73 bits per heavy atom. The molecule has 0 aliphatic carbocycles. The van der Waals surface area contributed by atoms with Crippen molar-refractivity contribution in [3.05, 3.63) is 24.3 Å². The number of aliphatic carboxylic acids is 1. The van der Waals surface area contributed by atoms with Crippen LogP contribution in [0.3, 0.4) is 0 Å². The summed E-state index contributed by atoms with van der Waals surface area (Å²) in [6.07, 6.45) is 4.20. The van der Waals surface area contributed by atoms with Crippen molar-refractivity contribution in [2.24, 2.45) is 0 Å². The summed E-state index contributed by atoms with van der Waals surface area (Å²) in [7, 11) is 0. The van der Waals surface area contributed by atoms with Gasteiger partial charge in [-0.1, -0.05) is 12.2 Å². The largest absolute Gasteiger partial charge is 0.480 e. The Kier molecular flexibility index (Phi) is 2.56. The molecule has 2 aliphatic heterocycles. The van der Waals surface area contributed by atoms with Gasteiger partial charge < -0.3 is 10.0 Å². The molecular formula is C10H11NO3S. The summed E-state index contributed by atoms with van der Waals surface area (Å²) in [4.78, 5) is 23.9. The van der Waals surface area contributed by atoms with Crippen molar-refractivity contribution in [2.45, 2.75) is 17.8 Å². The summed E-state index contributed by atoms with van der Waals surface area (Å²) in [6.45, 7) is 3.57. The number of amides is 1. The molecule has 2 atom stereocenters. The van der Waals surface area contributed by atoms with Crippen LogP contribution >= 0.6 is 11.8 Å². The van der Waals surface area contributed by atoms with Gasteiger partial charge in [-0.25, -0.2) is 4.79 Å². The number of carboxylic acids is 1. The van der Waals surface area contributed by atoms with Crippen molar-refractivity contribution in [3.8, 4) is 0 Å². The first-order valence-corrected chi connectivity index (χ1v) is 5.69. The maximum Gasteiger partial charge on any atom is 0.327 e. The van der Waals surface area contributed by atoms with Gasteiger partial charge in [0, 0.05) is 11.3 Å². The molecular weight excluding hydrogens is 214 g/mol. The van der Waals surface area contributed by atoms with E-state index in [1.807, 2.05) is 6.08 Å². The number of carbonyl (C=O) groups excluding carboxylic acids is 1. The van der Waals surface area contributed by atoms with Crippen molar-refractivity contribution in [1.82, 2.24) is 4.90 Å². The summed E-state index contributed by atoms with van der Waals surface area (Å²) in [6, 6.07) is -0.645. The van der Waals surface area contributed by atoms with Gasteiger partial charge in [0.1, 0.15) is 11.4 Å². The number of carbonyl (C=O) groups is 2. The molecule has 1 N–H and O–H groups in total. The van der Waals surface area contributed by atoms with Crippen LogP contribution in [0.25, 0.3) is 0 Å². The highest BCUT2D eigenvalue weighted by Crippen LogP contribution is 2.43. The predicted molar refractivity (Wildman–Crippen MR) is 57.4 cm³/mol. The number of rotatable bonds is 3. The minimum Gasteiger partial charge on any atom is -0.480 e. The summed E-state index contributed by atoms with van der Waals surface area (Å²) in [5.41, 5.74) is 0.726. The van der Waals surface area contributed by atoms with E-state index in [1.165, 1.54) is 16.7 Å². The molecule has 0 aromatic carbocycles. The van der Waals surface area contributed by atoms with Crippen molar-refractivity contribution in [3.63, 3.8) is 0 Å². The Hall–Kier alpha value is -1.23. The van der Waals surface area contributed by atoms with Crippen LogP contribution in [0.5, 0.6) is 0 Å². The van der Waals surface area contributed by atoms with Crippen LogP contribution in [-0.2, 0) is 9.59 Å². The summed E-state index contributed by atoms with van der Waals surface area (Å²) >= 11 is 1.51. The van der Waals surface area contributed by atoms with Gasteiger partial charge in [0.15, 0.2) is 0 Å². The fourth-order valence-corrected chi connectivity index (χ4v) is 3.22. The molecule has 0 spiro atoms. The lowest BCUT2D eigenvalue weighted by atomic mass is 10.0. The van der Waals surface area contributed by atoms with Crippen molar-refractivity contribution in [2.75, 3.05) is 5.75 Å². The van der Waals surface area contributed by atoms with Gasteiger partial charge in [0.05, 0.1) is 0 Å². The van der Waals surface area contributed by atoms with E-state index in [2.05, 4.69) is 6.58 Å². The van der Waals surface area contributed by atoms with Crippen molar-refractivity contribution >= 4 is 23.6 Å². The highest BCUT2D eigenvalue weighted by Gasteiger charge is 2.52. The molecule has 2 fully saturated rings. The Morgan fingerprint density at radius 2 is 2.47 bits per heavy atom. The average molecular weight is 225 g/mol. The number of hydrogen-bond acceptors (Lipinski definition) is 3. The van der Waals surface area contributed by atoms with Crippen molar-refractivity contribution in [1.29, 1.82) is 0 Å². The van der Waals surface area contributed by atoms with Crippen LogP contribution in [0.1, 0.15) is 6.42 Å². The van der Waals surface area contributed by atoms with Crippen LogP contribution in [-0.4, -0.2) is 39.1 Å². The monoisotopic (exact) mass is 225 g/mol. The zero-order chi connectivity index (χ0) is 11.0. The van der Waals surface area contributed by atoms with E-state index in [9.17, 15) is 9.59 Å². The van der Waals surface area contributed by atoms with Gasteiger partial charge in [-0.2, -0.15) is 0 Å². The number of β-lactam (4-membered cyclic amide) rings is 1. The highest BCUT2D eigenvalue weighted by atomic mass is 32.2. The first-order chi connectivity index (χ1) is 7.16. The third-order valence-corrected chi connectivity index (χ3v) is 3.84. The molecule has 0 saturated carbocycles. The summed E-state index contributed by atoms with van der Waals surface area (Å²) in [5.74, 6) is -0.572. The second-order valence-corrected chi connectivity index (χ2v) is 4.55. The number of fused-ring (bicyclic) bond motifs is 1. The predicted octanol–water partition coefficient (Wildman–Crippen LogP) is 0.857. The first kappa shape index (κ1) is 10.3. The molecule has 0 bridgehead atoms. The topological polar surface area (TPSA) is 57.6 Å². The third-order valence-electron chi connectivity index (χ3n) is 2.54. The fourth-order valence-electron chi connectivity index (χ4n) is 1.77. The Bertz CT molecular complexity index is 364. The van der Waals surface area contributed by atoms with Crippen LogP contribution in [0, 0.1) is 0 Å². The van der Waals surface area contributed by atoms with Gasteiger partial charge in [0.2, 0.25) is 0 Å². The molecule has 1 amide bonds. The molecule has 4 nitrogen and oxygen atoms in total. The van der Waals surface area contributed by atoms with Gasteiger partial charge in [0.25, 0.3) is 5.91 Å². The van der Waals surface area contributed by atoms with E-state index in [0.717, 1.165) is 5.57 Å². The lowest BCUT2D eigenvalue weighted by Crippen LogP contribution is -2.56. The standard InChI is InChI=1S/C10H11NO3S/c1-2-3-4-6-8(12)11-7(10(13)14)5-15-9(6)11/h2,4,7,9H,1,3,5H2,(H,13,14)/t7?,9-/m0/s1. The van der Waals surface area contributed by atoms with E-state index in [4.69, 9.17) is 5.11 Å². The van der Waals surface area contributed by atoms with Crippen LogP contribution < -0.4 is 0 Å². The molecule has 2 saturated heterocycles. The molecule has 0 aromatic rings. The maximum absolute atomic E-state index is 11.6. The fraction of sp³-hybridized carbons (Fsp3) is 0.400. The second kappa shape index (κ2) is 3.73. The van der Waals surface area contributed by atoms with E-state index < -0.39 is 12.0 Å². The van der Waals surface area contributed by atoms with E-state index >= 15 is 0 Å². The molecule has 5 heteroatoms. The zero-order valence-electron chi connectivity index (χ0n) is 8.05. The van der Waals surface area contributed by atoms with Gasteiger partial charge >= 0.3 is 5.97 Å². The lowest BCUT2D eigenvalue weighted by molar-refractivity contribution is -0.150. The number of thioether (sulfide) groups is 1. The van der Waals surface area contributed by atoms with E-state index in [-0.39, 0.29) is 11.3 Å². The smallest absolute Gasteiger partial charge is 0.327 e. The minimum atomic E-state index is -0.916. The summed E-state index contributed by atoms with van der Waals surface area (Å²) < 4.78 is 0. The quantitative estimate of drug-likeness (QED) is 0.439. The normalized spacial score (nSPS) is 31.3. The zero-order valence-corrected chi connectivity index (χ0v) is 8.87. The molecule has 15 heavy (non-hydrogen) atoms. The SMILES string of the molecule is C=CCC=C1C(=O)N2C(C(=O)O)CS[C@@H]12. The molecule has 2 heterocycles. The van der Waals surface area contributed by atoms with Gasteiger partial charge in [-0.05, 0) is 6.42 Å². The molecule has 2 aliphatic rings. The van der Waals surface area contributed by atoms with Crippen LogP contribution in [0.4, 0.5) is 0 Å². The van der Waals surface area contributed by atoms with Gasteiger partial charge in [-0.3, -0.25) is 4.79 Å². The number of nitrogens with zero attached hydrogens (tertiary/aromatic N) is 1. The third kappa shape index (κ3) is 1.47. The Morgan fingerprint density at radius 3 is 3.07 bits per heavy atom. The number of hydrogen-bond donors (Lipinski definition) is 1. The average Bonchev–Trinajstić information content (AvgIpc) is 2.58. The molecule has 2 rings (SSSR count). The Balaban J connectivity index is 2.13. The first-order valence-electron chi connectivity index (χ1n) is 4.65.